The van der Waals surface area contributed by atoms with Crippen LogP contribution in [0, 0.1) is 0 Å². The Labute approximate surface area is 185 Å². The summed E-state index contributed by atoms with van der Waals surface area (Å²) in [4.78, 5) is 26.3. The molecule has 0 spiro atoms. The van der Waals surface area contributed by atoms with Crippen LogP contribution in [0.1, 0.15) is 29.0 Å². The molecule has 1 aliphatic rings. The van der Waals surface area contributed by atoms with E-state index in [9.17, 15) is 18.0 Å². The topological polar surface area (TPSA) is 99.7 Å². The summed E-state index contributed by atoms with van der Waals surface area (Å²) in [5.74, 6) is -0.723. The van der Waals surface area contributed by atoms with Gasteiger partial charge < -0.3 is 10.2 Å². The normalized spacial score (nSPS) is 14.1. The number of benzene rings is 1. The van der Waals surface area contributed by atoms with Crippen molar-refractivity contribution in [3.8, 4) is 11.1 Å². The summed E-state index contributed by atoms with van der Waals surface area (Å²) in [5.41, 5.74) is 2.42. The third-order valence-corrected chi connectivity index (χ3v) is 5.49. The predicted octanol–water partition coefficient (Wildman–Crippen LogP) is 4.29. The Bertz CT molecular complexity index is 1310. The van der Waals surface area contributed by atoms with E-state index in [0.717, 1.165) is 48.9 Å². The molecule has 33 heavy (non-hydrogen) atoms. The zero-order valence-corrected chi connectivity index (χ0v) is 17.2. The largest absolute Gasteiger partial charge is 0.434 e. The van der Waals surface area contributed by atoms with E-state index in [1.165, 1.54) is 0 Å². The summed E-state index contributed by atoms with van der Waals surface area (Å²) >= 11 is 0. The molecule has 1 aliphatic heterocycles. The highest BCUT2D eigenvalue weighted by Crippen LogP contribution is 2.29. The van der Waals surface area contributed by atoms with Gasteiger partial charge >= 0.3 is 6.18 Å². The molecular formula is C22H18F3N7O. The van der Waals surface area contributed by atoms with Crippen LogP contribution in [0.15, 0.2) is 49.1 Å². The van der Waals surface area contributed by atoms with Crippen molar-refractivity contribution in [3.63, 3.8) is 0 Å². The highest BCUT2D eigenvalue weighted by molar-refractivity contribution is 6.11. The van der Waals surface area contributed by atoms with Crippen molar-refractivity contribution in [3.05, 3.63) is 60.4 Å². The van der Waals surface area contributed by atoms with Crippen molar-refractivity contribution >= 4 is 28.3 Å². The standard InChI is InChI=1S/C22H18F3N7O/c23-22(24,25)18-11-28-19(12-27-18)29-21(33)20-16-8-13(3-4-17(16)30-31-20)14-7-15(10-26-9-14)32-5-1-2-6-32/h3-4,7-12H,1-2,5-6H2,(H,30,31)(H,28,29,33). The van der Waals surface area contributed by atoms with Gasteiger partial charge in [0.1, 0.15) is 0 Å². The average Bonchev–Trinajstić information content (AvgIpc) is 3.49. The van der Waals surface area contributed by atoms with Crippen LogP contribution in [-0.4, -0.2) is 44.1 Å². The van der Waals surface area contributed by atoms with Gasteiger partial charge in [-0.2, -0.15) is 18.3 Å². The summed E-state index contributed by atoms with van der Waals surface area (Å²) in [6.45, 7) is 2.01. The first-order chi connectivity index (χ1) is 15.9. The number of halogens is 3. The molecule has 11 heteroatoms. The quantitative estimate of drug-likeness (QED) is 0.478. The highest BCUT2D eigenvalue weighted by Gasteiger charge is 2.32. The Balaban J connectivity index is 1.41. The first kappa shape index (κ1) is 20.9. The number of H-pyrrole nitrogens is 1. The smallest absolute Gasteiger partial charge is 0.370 e. The van der Waals surface area contributed by atoms with E-state index in [0.29, 0.717) is 17.1 Å². The van der Waals surface area contributed by atoms with Crippen LogP contribution in [0.25, 0.3) is 22.0 Å². The molecule has 0 aliphatic carbocycles. The number of rotatable bonds is 4. The molecule has 1 saturated heterocycles. The van der Waals surface area contributed by atoms with Crippen LogP contribution in [0.5, 0.6) is 0 Å². The monoisotopic (exact) mass is 453 g/mol. The number of nitrogens with zero attached hydrogens (tertiary/aromatic N) is 5. The molecule has 0 atom stereocenters. The molecule has 1 amide bonds. The number of hydrogen-bond donors (Lipinski definition) is 2. The minimum absolute atomic E-state index is 0.0946. The van der Waals surface area contributed by atoms with Crippen LogP contribution in [0.4, 0.5) is 24.7 Å². The van der Waals surface area contributed by atoms with Gasteiger partial charge in [0.05, 0.1) is 29.8 Å². The molecule has 3 aromatic heterocycles. The molecule has 2 N–H and O–H groups in total. The molecule has 4 aromatic rings. The molecule has 4 heterocycles. The molecule has 1 fully saturated rings. The number of hydrogen-bond acceptors (Lipinski definition) is 6. The fraction of sp³-hybridized carbons (Fsp3) is 0.227. The first-order valence-corrected chi connectivity index (χ1v) is 10.3. The van der Waals surface area contributed by atoms with Crippen LogP contribution >= 0.6 is 0 Å². The second-order valence-electron chi connectivity index (χ2n) is 7.70. The van der Waals surface area contributed by atoms with Crippen LogP contribution in [-0.2, 0) is 6.18 Å². The summed E-state index contributed by atoms with van der Waals surface area (Å²) in [5, 5.41) is 9.88. The molecule has 0 saturated carbocycles. The van der Waals surface area contributed by atoms with Crippen molar-refractivity contribution in [1.82, 2.24) is 25.1 Å². The number of amides is 1. The van der Waals surface area contributed by atoms with E-state index in [1.54, 1.807) is 6.20 Å². The number of anilines is 2. The third-order valence-electron chi connectivity index (χ3n) is 5.49. The van der Waals surface area contributed by atoms with E-state index in [-0.39, 0.29) is 11.5 Å². The second-order valence-corrected chi connectivity index (χ2v) is 7.70. The zero-order valence-electron chi connectivity index (χ0n) is 17.2. The van der Waals surface area contributed by atoms with E-state index < -0.39 is 17.8 Å². The van der Waals surface area contributed by atoms with Gasteiger partial charge in [0.25, 0.3) is 5.91 Å². The Morgan fingerprint density at radius 2 is 1.82 bits per heavy atom. The van der Waals surface area contributed by atoms with Gasteiger partial charge in [-0.3, -0.25) is 14.9 Å². The van der Waals surface area contributed by atoms with Gasteiger partial charge in [-0.05, 0) is 36.6 Å². The maximum Gasteiger partial charge on any atom is 0.434 e. The lowest BCUT2D eigenvalue weighted by Gasteiger charge is -2.17. The van der Waals surface area contributed by atoms with Gasteiger partial charge in [-0.25, -0.2) is 9.97 Å². The zero-order chi connectivity index (χ0) is 23.0. The van der Waals surface area contributed by atoms with E-state index >= 15 is 0 Å². The van der Waals surface area contributed by atoms with Crippen LogP contribution in [0.3, 0.4) is 0 Å². The average molecular weight is 453 g/mol. The third kappa shape index (κ3) is 4.21. The van der Waals surface area contributed by atoms with E-state index in [4.69, 9.17) is 0 Å². The number of carbonyl (C=O) groups excluding carboxylic acids is 1. The molecule has 168 valence electrons. The van der Waals surface area contributed by atoms with E-state index in [1.807, 2.05) is 24.4 Å². The van der Waals surface area contributed by atoms with E-state index in [2.05, 4.69) is 41.4 Å². The maximum absolute atomic E-state index is 12.7. The number of aromatic nitrogens is 5. The number of nitrogens with one attached hydrogen (secondary N) is 2. The van der Waals surface area contributed by atoms with Gasteiger partial charge in [-0.1, -0.05) is 6.07 Å². The van der Waals surface area contributed by atoms with Crippen LogP contribution in [0.2, 0.25) is 0 Å². The Hall–Kier alpha value is -4.02. The van der Waals surface area contributed by atoms with Crippen molar-refractivity contribution in [2.75, 3.05) is 23.3 Å². The van der Waals surface area contributed by atoms with Gasteiger partial charge in [-0.15, -0.1) is 0 Å². The summed E-state index contributed by atoms with van der Waals surface area (Å²) in [6.07, 6.45) is 2.74. The number of carbonyl (C=O) groups is 1. The number of alkyl halides is 3. The number of fused-ring (bicyclic) bond motifs is 1. The minimum atomic E-state index is -4.61. The van der Waals surface area contributed by atoms with Gasteiger partial charge in [0.2, 0.25) is 0 Å². The molecule has 1 aromatic carbocycles. The fourth-order valence-corrected chi connectivity index (χ4v) is 3.82. The second kappa shape index (κ2) is 8.15. The first-order valence-electron chi connectivity index (χ1n) is 10.3. The summed E-state index contributed by atoms with van der Waals surface area (Å²) in [6, 6.07) is 7.62. The van der Waals surface area contributed by atoms with Crippen molar-refractivity contribution in [2.45, 2.75) is 19.0 Å². The molecule has 0 bridgehead atoms. The van der Waals surface area contributed by atoms with Gasteiger partial charge in [0, 0.05) is 30.2 Å². The van der Waals surface area contributed by atoms with Crippen LogP contribution < -0.4 is 10.2 Å². The van der Waals surface area contributed by atoms with Crippen molar-refractivity contribution in [2.24, 2.45) is 0 Å². The lowest BCUT2D eigenvalue weighted by atomic mass is 10.0. The van der Waals surface area contributed by atoms with Crippen molar-refractivity contribution in [1.29, 1.82) is 0 Å². The Morgan fingerprint density at radius 1 is 1.00 bits per heavy atom. The SMILES string of the molecule is O=C(Nc1cnc(C(F)(F)F)cn1)c1n[nH]c2ccc(-c3cncc(N4CCCC4)c3)cc12. The highest BCUT2D eigenvalue weighted by atomic mass is 19.4. The molecule has 0 radical (unpaired) electrons. The molecule has 0 unspecified atom stereocenters. The fourth-order valence-electron chi connectivity index (χ4n) is 3.82. The van der Waals surface area contributed by atoms with Crippen molar-refractivity contribution < 1.29 is 18.0 Å². The molecule has 8 nitrogen and oxygen atoms in total. The Morgan fingerprint density at radius 3 is 2.55 bits per heavy atom. The summed E-state index contributed by atoms with van der Waals surface area (Å²) < 4.78 is 38.0. The molecular weight excluding hydrogens is 435 g/mol. The number of pyridine rings is 1. The summed E-state index contributed by atoms with van der Waals surface area (Å²) in [7, 11) is 0. The van der Waals surface area contributed by atoms with Gasteiger partial charge in [0.15, 0.2) is 17.2 Å². The lowest BCUT2D eigenvalue weighted by molar-refractivity contribution is -0.141. The maximum atomic E-state index is 12.7. The number of aromatic amines is 1. The minimum Gasteiger partial charge on any atom is -0.370 e. The predicted molar refractivity (Wildman–Crippen MR) is 116 cm³/mol. The Kier molecular flexibility index (Phi) is 5.15. The molecule has 5 rings (SSSR count). The lowest BCUT2D eigenvalue weighted by Crippen LogP contribution is -2.17.